The predicted molar refractivity (Wildman–Crippen MR) is 53.1 cm³/mol. The van der Waals surface area contributed by atoms with Gasteiger partial charge in [-0.15, -0.1) is 0 Å². The van der Waals surface area contributed by atoms with Crippen molar-refractivity contribution in [2.75, 3.05) is 0 Å². The summed E-state index contributed by atoms with van der Waals surface area (Å²) in [5.41, 5.74) is 0. The monoisotopic (exact) mass is 168 g/mol. The van der Waals surface area contributed by atoms with Crippen LogP contribution in [0.5, 0.6) is 0 Å². The van der Waals surface area contributed by atoms with Crippen LogP contribution in [0, 0.1) is 5.92 Å². The van der Waals surface area contributed by atoms with Gasteiger partial charge in [0.1, 0.15) is 5.78 Å². The molecular weight excluding hydrogens is 148 g/mol. The molecule has 70 valence electrons. The molecule has 1 heteroatoms. The van der Waals surface area contributed by atoms with Crippen molar-refractivity contribution in [3.05, 3.63) is 12.2 Å². The molecule has 0 saturated heterocycles. The fraction of sp³-hybridized carbons (Fsp3) is 0.727. The highest BCUT2D eigenvalue weighted by atomic mass is 16.1. The van der Waals surface area contributed by atoms with Gasteiger partial charge in [0.05, 0.1) is 0 Å². The first-order valence-electron chi connectivity index (χ1n) is 4.79. The molecule has 0 atom stereocenters. The molecule has 1 nitrogen and oxygen atoms in total. The number of carbonyl (C=O) groups is 1. The van der Waals surface area contributed by atoms with Gasteiger partial charge >= 0.3 is 0 Å². The molecule has 0 heterocycles. The summed E-state index contributed by atoms with van der Waals surface area (Å²) in [6.45, 7) is 6.00. The average Bonchev–Trinajstić information content (AvgIpc) is 1.95. The number of allylic oxidation sites excluding steroid dienone is 2. The second-order valence-corrected chi connectivity index (χ2v) is 3.62. The van der Waals surface area contributed by atoms with Crippen molar-refractivity contribution in [1.82, 2.24) is 0 Å². The van der Waals surface area contributed by atoms with Crippen LogP contribution in [0.15, 0.2) is 12.2 Å². The molecule has 0 saturated carbocycles. The van der Waals surface area contributed by atoms with Gasteiger partial charge in [-0.25, -0.2) is 0 Å². The molecule has 0 aliphatic carbocycles. The zero-order valence-corrected chi connectivity index (χ0v) is 8.47. The van der Waals surface area contributed by atoms with Crippen molar-refractivity contribution in [2.45, 2.75) is 46.5 Å². The fourth-order valence-corrected chi connectivity index (χ4v) is 1.00. The maximum atomic E-state index is 10.6. The Morgan fingerprint density at radius 1 is 1.33 bits per heavy atom. The van der Waals surface area contributed by atoms with Gasteiger partial charge in [-0.1, -0.05) is 26.0 Å². The van der Waals surface area contributed by atoms with Gasteiger partial charge < -0.3 is 4.79 Å². The van der Waals surface area contributed by atoms with Gasteiger partial charge in [-0.05, 0) is 32.1 Å². The number of hydrogen-bond acceptors (Lipinski definition) is 1. The molecule has 0 spiro atoms. The molecule has 0 amide bonds. The van der Waals surface area contributed by atoms with Crippen LogP contribution >= 0.6 is 0 Å². The first kappa shape index (κ1) is 11.4. The minimum Gasteiger partial charge on any atom is -0.300 e. The quantitative estimate of drug-likeness (QED) is 0.439. The van der Waals surface area contributed by atoms with Gasteiger partial charge in [0.25, 0.3) is 0 Å². The van der Waals surface area contributed by atoms with Crippen molar-refractivity contribution in [1.29, 1.82) is 0 Å². The molecule has 0 fully saturated rings. The molecule has 0 aromatic heterocycles. The standard InChI is InChI=1S/C11H20O/c1-10(2)8-6-4-5-7-9-11(3)12/h6,8,10H,4-5,7,9H2,1-3H3/b8-6+. The Morgan fingerprint density at radius 2 is 2.00 bits per heavy atom. The number of ketones is 1. The fourth-order valence-electron chi connectivity index (χ4n) is 1.00. The van der Waals surface area contributed by atoms with Crippen LogP contribution in [0.4, 0.5) is 0 Å². The largest absolute Gasteiger partial charge is 0.300 e. The van der Waals surface area contributed by atoms with Crippen LogP contribution < -0.4 is 0 Å². The third-order valence-electron chi connectivity index (χ3n) is 1.67. The minimum absolute atomic E-state index is 0.308. The highest BCUT2D eigenvalue weighted by Gasteiger charge is 1.91. The van der Waals surface area contributed by atoms with E-state index in [-0.39, 0.29) is 0 Å². The molecule has 0 bridgehead atoms. The zero-order valence-electron chi connectivity index (χ0n) is 8.47. The van der Waals surface area contributed by atoms with E-state index in [1.807, 2.05) is 0 Å². The van der Waals surface area contributed by atoms with Crippen molar-refractivity contribution < 1.29 is 4.79 Å². The van der Waals surface area contributed by atoms with Crippen LogP contribution in [0.1, 0.15) is 46.5 Å². The molecule has 0 aromatic rings. The predicted octanol–water partition coefficient (Wildman–Crippen LogP) is 3.35. The van der Waals surface area contributed by atoms with Gasteiger partial charge in [-0.2, -0.15) is 0 Å². The Bertz CT molecular complexity index is 145. The lowest BCUT2D eigenvalue weighted by Crippen LogP contribution is -1.88. The molecule has 0 aromatic carbocycles. The molecule has 0 N–H and O–H groups in total. The van der Waals surface area contributed by atoms with Crippen molar-refractivity contribution >= 4 is 5.78 Å². The second kappa shape index (κ2) is 7.08. The molecule has 0 aliphatic heterocycles. The molecule has 0 rings (SSSR count). The van der Waals surface area contributed by atoms with E-state index in [2.05, 4.69) is 26.0 Å². The number of rotatable bonds is 6. The smallest absolute Gasteiger partial charge is 0.129 e. The lowest BCUT2D eigenvalue weighted by Gasteiger charge is -1.95. The van der Waals surface area contributed by atoms with E-state index in [0.717, 1.165) is 25.7 Å². The Hall–Kier alpha value is -0.590. The Balaban J connectivity index is 3.16. The highest BCUT2D eigenvalue weighted by Crippen LogP contribution is 2.03. The molecule has 0 radical (unpaired) electrons. The summed E-state index contributed by atoms with van der Waals surface area (Å²) >= 11 is 0. The van der Waals surface area contributed by atoms with E-state index in [9.17, 15) is 4.79 Å². The van der Waals surface area contributed by atoms with Crippen molar-refractivity contribution in [3.63, 3.8) is 0 Å². The number of Topliss-reactive ketones (excluding diaryl/α,β-unsaturated/α-hetero) is 1. The van der Waals surface area contributed by atoms with Gasteiger partial charge in [0.15, 0.2) is 0 Å². The highest BCUT2D eigenvalue weighted by molar-refractivity contribution is 5.75. The van der Waals surface area contributed by atoms with Gasteiger partial charge in [0.2, 0.25) is 0 Å². The summed E-state index contributed by atoms with van der Waals surface area (Å²) < 4.78 is 0. The first-order chi connectivity index (χ1) is 5.63. The Kier molecular flexibility index (Phi) is 6.73. The average molecular weight is 168 g/mol. The summed E-state index contributed by atoms with van der Waals surface area (Å²) in [5, 5.41) is 0. The second-order valence-electron chi connectivity index (χ2n) is 3.62. The zero-order chi connectivity index (χ0) is 9.40. The van der Waals surface area contributed by atoms with Crippen LogP contribution in [0.2, 0.25) is 0 Å². The summed E-state index contributed by atoms with van der Waals surface area (Å²) in [5.74, 6) is 0.959. The van der Waals surface area contributed by atoms with Gasteiger partial charge in [-0.3, -0.25) is 0 Å². The topological polar surface area (TPSA) is 17.1 Å². The van der Waals surface area contributed by atoms with E-state index < -0.39 is 0 Å². The normalized spacial score (nSPS) is 11.3. The van der Waals surface area contributed by atoms with Crippen LogP contribution in [-0.2, 0) is 4.79 Å². The lowest BCUT2D eigenvalue weighted by atomic mass is 10.1. The maximum Gasteiger partial charge on any atom is 0.129 e. The SMILES string of the molecule is CC(=O)CCCC/C=C/C(C)C. The molecule has 12 heavy (non-hydrogen) atoms. The third kappa shape index (κ3) is 9.41. The summed E-state index contributed by atoms with van der Waals surface area (Å²) in [6, 6.07) is 0. The van der Waals surface area contributed by atoms with E-state index in [4.69, 9.17) is 0 Å². The molecule has 0 aliphatic rings. The Morgan fingerprint density at radius 3 is 2.50 bits per heavy atom. The summed E-state index contributed by atoms with van der Waals surface area (Å²) in [6.07, 6.45) is 8.47. The maximum absolute atomic E-state index is 10.6. The van der Waals surface area contributed by atoms with E-state index >= 15 is 0 Å². The van der Waals surface area contributed by atoms with Crippen LogP contribution in [0.25, 0.3) is 0 Å². The van der Waals surface area contributed by atoms with Crippen LogP contribution in [-0.4, -0.2) is 5.78 Å². The van der Waals surface area contributed by atoms with Gasteiger partial charge in [0, 0.05) is 6.42 Å². The summed E-state index contributed by atoms with van der Waals surface area (Å²) in [4.78, 5) is 10.6. The van der Waals surface area contributed by atoms with Crippen molar-refractivity contribution in [2.24, 2.45) is 5.92 Å². The molecular formula is C11H20O. The van der Waals surface area contributed by atoms with E-state index in [1.165, 1.54) is 0 Å². The van der Waals surface area contributed by atoms with Crippen LogP contribution in [0.3, 0.4) is 0 Å². The number of carbonyl (C=O) groups excluding carboxylic acids is 1. The minimum atomic E-state index is 0.308. The van der Waals surface area contributed by atoms with E-state index in [1.54, 1.807) is 6.92 Å². The third-order valence-corrected chi connectivity index (χ3v) is 1.67. The number of hydrogen-bond donors (Lipinski definition) is 0. The number of unbranched alkanes of at least 4 members (excludes halogenated alkanes) is 2. The lowest BCUT2D eigenvalue weighted by molar-refractivity contribution is -0.117. The van der Waals surface area contributed by atoms with E-state index in [0.29, 0.717) is 11.7 Å². The summed E-state index contributed by atoms with van der Waals surface area (Å²) in [7, 11) is 0. The first-order valence-corrected chi connectivity index (χ1v) is 4.79. The molecule has 0 unspecified atom stereocenters. The Labute approximate surface area is 75.9 Å². The van der Waals surface area contributed by atoms with Crippen molar-refractivity contribution in [3.8, 4) is 0 Å².